The molecule has 0 radical (unpaired) electrons. The minimum Gasteiger partial charge on any atom is -0.427 e. The van der Waals surface area contributed by atoms with E-state index in [1.54, 1.807) is 24.3 Å². The van der Waals surface area contributed by atoms with Gasteiger partial charge in [-0.2, -0.15) is 0 Å². The Labute approximate surface area is 98.0 Å². The number of hydrogen-bond donors (Lipinski definition) is 0. The fraction of sp³-hybridized carbons (Fsp3) is 0.0714. The molecular weight excluding hydrogens is 219 g/mol. The van der Waals surface area contributed by atoms with E-state index in [1.165, 1.54) is 13.0 Å². The monoisotopic (exact) mass is 228 g/mol. The zero-order chi connectivity index (χ0) is 12.4. The maximum Gasteiger partial charge on any atom is 0.308 e. The predicted octanol–water partition coefficient (Wildman–Crippen LogP) is 2.89. The number of benzene rings is 2. The smallest absolute Gasteiger partial charge is 0.308 e. The Morgan fingerprint density at radius 1 is 1.35 bits per heavy atom. The summed E-state index contributed by atoms with van der Waals surface area (Å²) in [7, 11) is 0. The van der Waals surface area contributed by atoms with Gasteiger partial charge in [-0.25, -0.2) is 4.39 Å². The molecule has 2 aromatic carbocycles. The summed E-state index contributed by atoms with van der Waals surface area (Å²) in [5.41, 5.74) is 0.219. The molecule has 0 amide bonds. The third kappa shape index (κ3) is 2.11. The Kier molecular flexibility index (Phi) is 2.80. The highest BCUT2D eigenvalue weighted by Crippen LogP contribution is 2.25. The number of carbonyl (C=O) groups excluding carboxylic acids is 1. The second-order valence-corrected chi connectivity index (χ2v) is 3.54. The van der Waals surface area contributed by atoms with Gasteiger partial charge in [0, 0.05) is 12.3 Å². The lowest BCUT2D eigenvalue weighted by Crippen LogP contribution is -2.01. The van der Waals surface area contributed by atoms with E-state index >= 15 is 0 Å². The minimum atomic E-state index is -0.430. The van der Waals surface area contributed by atoms with Crippen LogP contribution in [-0.2, 0) is 4.79 Å². The molecule has 0 aromatic heterocycles. The second-order valence-electron chi connectivity index (χ2n) is 3.54. The Balaban J connectivity index is 2.62. The fourth-order valence-corrected chi connectivity index (χ4v) is 1.66. The van der Waals surface area contributed by atoms with Crippen LogP contribution in [0.15, 0.2) is 30.3 Å². The van der Waals surface area contributed by atoms with Crippen LogP contribution in [0, 0.1) is 18.2 Å². The van der Waals surface area contributed by atoms with Crippen LogP contribution in [0.4, 0.5) is 4.39 Å². The van der Waals surface area contributed by atoms with E-state index in [0.717, 1.165) is 5.39 Å². The van der Waals surface area contributed by atoms with E-state index in [1.807, 2.05) is 0 Å². The number of halogens is 1. The number of carbonyl (C=O) groups is 1. The Bertz CT molecular complexity index is 638. The zero-order valence-corrected chi connectivity index (χ0v) is 9.16. The van der Waals surface area contributed by atoms with E-state index in [9.17, 15) is 9.18 Å². The first-order chi connectivity index (χ1) is 8.11. The number of terminal acetylenes is 1. The van der Waals surface area contributed by atoms with Crippen molar-refractivity contribution in [1.29, 1.82) is 0 Å². The van der Waals surface area contributed by atoms with E-state index in [2.05, 4.69) is 5.92 Å². The molecule has 0 saturated carbocycles. The summed E-state index contributed by atoms with van der Waals surface area (Å²) in [6, 6.07) is 7.78. The van der Waals surface area contributed by atoms with Gasteiger partial charge in [-0.05, 0) is 29.7 Å². The molecule has 0 aliphatic carbocycles. The van der Waals surface area contributed by atoms with Gasteiger partial charge >= 0.3 is 5.97 Å². The van der Waals surface area contributed by atoms with Gasteiger partial charge < -0.3 is 4.74 Å². The third-order valence-electron chi connectivity index (χ3n) is 2.35. The molecule has 2 aromatic rings. The average molecular weight is 228 g/mol. The molecule has 2 rings (SSSR count). The van der Waals surface area contributed by atoms with Crippen molar-refractivity contribution in [3.8, 4) is 18.1 Å². The molecular formula is C14H9FO2. The molecule has 0 heterocycles. The van der Waals surface area contributed by atoms with Crippen LogP contribution < -0.4 is 4.74 Å². The lowest BCUT2D eigenvalue weighted by Gasteiger charge is -2.05. The summed E-state index contributed by atoms with van der Waals surface area (Å²) in [6.45, 7) is 1.32. The second kappa shape index (κ2) is 4.26. The molecule has 0 aliphatic heterocycles. The highest BCUT2D eigenvalue weighted by Gasteiger charge is 2.07. The first-order valence-electron chi connectivity index (χ1n) is 4.99. The van der Waals surface area contributed by atoms with Crippen molar-refractivity contribution < 1.29 is 13.9 Å². The van der Waals surface area contributed by atoms with Gasteiger partial charge in [-0.1, -0.05) is 12.0 Å². The number of esters is 1. The molecule has 17 heavy (non-hydrogen) atoms. The number of fused-ring (bicyclic) bond motifs is 1. The average Bonchev–Trinajstić information content (AvgIpc) is 2.28. The highest BCUT2D eigenvalue weighted by atomic mass is 19.1. The van der Waals surface area contributed by atoms with Gasteiger partial charge in [-0.15, -0.1) is 6.42 Å². The summed E-state index contributed by atoms with van der Waals surface area (Å²) >= 11 is 0. The number of rotatable bonds is 1. The molecule has 0 fully saturated rings. The third-order valence-corrected chi connectivity index (χ3v) is 2.35. The molecule has 0 spiro atoms. The molecule has 0 unspecified atom stereocenters. The van der Waals surface area contributed by atoms with Crippen LogP contribution in [0.25, 0.3) is 10.8 Å². The van der Waals surface area contributed by atoms with Gasteiger partial charge in [0.1, 0.15) is 11.6 Å². The van der Waals surface area contributed by atoms with Crippen LogP contribution in [0.1, 0.15) is 12.5 Å². The van der Waals surface area contributed by atoms with Gasteiger partial charge in [0.2, 0.25) is 0 Å². The number of hydrogen-bond acceptors (Lipinski definition) is 2. The van der Waals surface area contributed by atoms with Crippen LogP contribution in [0.3, 0.4) is 0 Å². The van der Waals surface area contributed by atoms with Crippen molar-refractivity contribution in [1.82, 2.24) is 0 Å². The normalized spacial score (nSPS) is 9.94. The maximum absolute atomic E-state index is 13.4. The summed E-state index contributed by atoms with van der Waals surface area (Å²) < 4.78 is 18.3. The first kappa shape index (κ1) is 11.2. The Morgan fingerprint density at radius 2 is 2.12 bits per heavy atom. The molecule has 3 heteroatoms. The molecule has 0 atom stereocenters. The molecule has 0 N–H and O–H groups in total. The van der Waals surface area contributed by atoms with E-state index in [0.29, 0.717) is 11.1 Å². The molecule has 0 saturated heterocycles. The summed E-state index contributed by atoms with van der Waals surface area (Å²) in [5.74, 6) is 1.90. The lowest BCUT2D eigenvalue weighted by molar-refractivity contribution is -0.131. The molecule has 0 bridgehead atoms. The van der Waals surface area contributed by atoms with Crippen LogP contribution in [-0.4, -0.2) is 5.97 Å². The number of ether oxygens (including phenoxy) is 1. The lowest BCUT2D eigenvalue weighted by atomic mass is 10.0. The van der Waals surface area contributed by atoms with Crippen LogP contribution >= 0.6 is 0 Å². The largest absolute Gasteiger partial charge is 0.427 e. The van der Waals surface area contributed by atoms with Crippen LogP contribution in [0.5, 0.6) is 5.75 Å². The van der Waals surface area contributed by atoms with E-state index in [-0.39, 0.29) is 5.56 Å². The Morgan fingerprint density at radius 3 is 2.76 bits per heavy atom. The van der Waals surface area contributed by atoms with Gasteiger partial charge in [-0.3, -0.25) is 4.79 Å². The van der Waals surface area contributed by atoms with E-state index in [4.69, 9.17) is 11.2 Å². The quantitative estimate of drug-likeness (QED) is 0.426. The molecule has 0 aliphatic rings. The van der Waals surface area contributed by atoms with Gasteiger partial charge in [0.15, 0.2) is 0 Å². The van der Waals surface area contributed by atoms with Crippen molar-refractivity contribution in [3.63, 3.8) is 0 Å². The Hall–Kier alpha value is -2.34. The fourth-order valence-electron chi connectivity index (χ4n) is 1.66. The van der Waals surface area contributed by atoms with Crippen molar-refractivity contribution in [3.05, 3.63) is 41.7 Å². The summed E-state index contributed by atoms with van der Waals surface area (Å²) in [4.78, 5) is 10.8. The van der Waals surface area contributed by atoms with Crippen molar-refractivity contribution in [2.45, 2.75) is 6.92 Å². The zero-order valence-electron chi connectivity index (χ0n) is 9.16. The van der Waals surface area contributed by atoms with Gasteiger partial charge in [0.05, 0.1) is 5.56 Å². The standard InChI is InChI=1S/C14H9FO2/c1-3-12-13-6-5-11(17-9(2)16)8-10(13)4-7-14(12)15/h1,4-8H,2H3. The van der Waals surface area contributed by atoms with Crippen molar-refractivity contribution in [2.24, 2.45) is 0 Å². The SMILES string of the molecule is C#Cc1c(F)ccc2cc(OC(C)=O)ccc12. The van der Waals surface area contributed by atoms with Crippen molar-refractivity contribution in [2.75, 3.05) is 0 Å². The maximum atomic E-state index is 13.4. The first-order valence-corrected chi connectivity index (χ1v) is 4.99. The minimum absolute atomic E-state index is 0.219. The summed E-state index contributed by atoms with van der Waals surface area (Å²) in [5, 5.41) is 1.36. The van der Waals surface area contributed by atoms with Gasteiger partial charge in [0.25, 0.3) is 0 Å². The topological polar surface area (TPSA) is 26.3 Å². The van der Waals surface area contributed by atoms with Crippen molar-refractivity contribution >= 4 is 16.7 Å². The summed E-state index contributed by atoms with van der Waals surface area (Å²) in [6.07, 6.45) is 5.26. The van der Waals surface area contributed by atoms with Crippen LogP contribution in [0.2, 0.25) is 0 Å². The van der Waals surface area contributed by atoms with E-state index < -0.39 is 11.8 Å². The molecule has 84 valence electrons. The molecule has 2 nitrogen and oxygen atoms in total. The predicted molar refractivity (Wildman–Crippen MR) is 63.2 cm³/mol. The highest BCUT2D eigenvalue weighted by molar-refractivity contribution is 5.89.